The van der Waals surface area contributed by atoms with Crippen LogP contribution >= 0.6 is 15.9 Å². The molecule has 0 spiro atoms. The van der Waals surface area contributed by atoms with Gasteiger partial charge in [0.25, 0.3) is 0 Å². The number of nitrogens with zero attached hydrogens (tertiary/aromatic N) is 1. The highest BCUT2D eigenvalue weighted by atomic mass is 79.9. The average Bonchev–Trinajstić information content (AvgIpc) is 2.56. The molecule has 0 fully saturated rings. The van der Waals surface area contributed by atoms with Crippen LogP contribution in [0.2, 0.25) is 0 Å². The maximum atomic E-state index is 12.4. The first kappa shape index (κ1) is 17.1. The van der Waals surface area contributed by atoms with Crippen LogP contribution in [-0.2, 0) is 11.3 Å². The lowest BCUT2D eigenvalue weighted by molar-refractivity contribution is 0.0234. The first-order valence-electron chi connectivity index (χ1n) is 7.31. The lowest BCUT2D eigenvalue weighted by Gasteiger charge is -2.27. The number of ether oxygens (including phenoxy) is 2. The Hall–Kier alpha value is -1.27. The van der Waals surface area contributed by atoms with Crippen molar-refractivity contribution in [2.45, 2.75) is 45.4 Å². The molecule has 1 aromatic carbocycles. The highest BCUT2D eigenvalue weighted by molar-refractivity contribution is 9.10. The molecule has 1 amide bonds. The SMILES string of the molecule is COc1cc(Br)cc2c1CN(C(=O)OC(C)(C)C)CCC2N. The predicted octanol–water partition coefficient (Wildman–Crippen LogP) is 3.60. The van der Waals surface area contributed by atoms with Crippen molar-refractivity contribution >= 4 is 22.0 Å². The van der Waals surface area contributed by atoms with Gasteiger partial charge >= 0.3 is 6.09 Å². The first-order valence-corrected chi connectivity index (χ1v) is 8.10. The van der Waals surface area contributed by atoms with Gasteiger partial charge in [0, 0.05) is 22.6 Å². The minimum absolute atomic E-state index is 0.131. The Morgan fingerprint density at radius 1 is 1.41 bits per heavy atom. The average molecular weight is 371 g/mol. The summed E-state index contributed by atoms with van der Waals surface area (Å²) in [4.78, 5) is 14.1. The number of carbonyl (C=O) groups is 1. The van der Waals surface area contributed by atoms with Crippen LogP contribution in [0.1, 0.15) is 44.4 Å². The van der Waals surface area contributed by atoms with Gasteiger partial charge in [0.15, 0.2) is 0 Å². The zero-order valence-corrected chi connectivity index (χ0v) is 15.1. The van der Waals surface area contributed by atoms with Gasteiger partial charge in [-0.1, -0.05) is 15.9 Å². The Bertz CT molecular complexity index is 569. The molecule has 1 aliphatic heterocycles. The number of fused-ring (bicyclic) bond motifs is 1. The summed E-state index contributed by atoms with van der Waals surface area (Å²) in [6.07, 6.45) is 0.365. The van der Waals surface area contributed by atoms with E-state index in [4.69, 9.17) is 15.2 Å². The normalized spacial score (nSPS) is 18.5. The summed E-state index contributed by atoms with van der Waals surface area (Å²) in [5.41, 5.74) is 7.71. The van der Waals surface area contributed by atoms with Crippen molar-refractivity contribution < 1.29 is 14.3 Å². The first-order chi connectivity index (χ1) is 10.2. The molecular weight excluding hydrogens is 348 g/mol. The number of rotatable bonds is 1. The Kier molecular flexibility index (Phi) is 5.02. The number of methoxy groups -OCH3 is 1. The summed E-state index contributed by atoms with van der Waals surface area (Å²) in [6, 6.07) is 3.76. The molecule has 1 heterocycles. The molecule has 1 atom stereocenters. The summed E-state index contributed by atoms with van der Waals surface area (Å²) in [7, 11) is 1.62. The highest BCUT2D eigenvalue weighted by Crippen LogP contribution is 2.35. The molecule has 122 valence electrons. The van der Waals surface area contributed by atoms with Gasteiger partial charge < -0.3 is 20.1 Å². The van der Waals surface area contributed by atoms with Gasteiger partial charge in [-0.15, -0.1) is 0 Å². The van der Waals surface area contributed by atoms with Crippen LogP contribution in [0.5, 0.6) is 5.75 Å². The third-order valence-electron chi connectivity index (χ3n) is 3.54. The van der Waals surface area contributed by atoms with Gasteiger partial charge in [0.05, 0.1) is 13.7 Å². The zero-order chi connectivity index (χ0) is 16.5. The standard InChI is InChI=1S/C16H23BrN2O3/c1-16(2,3)22-15(20)19-6-5-13(18)11-7-10(17)8-14(21-4)12(11)9-19/h7-8,13H,5-6,9,18H2,1-4H3. The van der Waals surface area contributed by atoms with Crippen LogP contribution < -0.4 is 10.5 Å². The van der Waals surface area contributed by atoms with E-state index in [0.717, 1.165) is 21.3 Å². The van der Waals surface area contributed by atoms with E-state index in [1.165, 1.54) is 0 Å². The Balaban J connectivity index is 2.33. The topological polar surface area (TPSA) is 64.8 Å². The van der Waals surface area contributed by atoms with Crippen molar-refractivity contribution in [3.8, 4) is 5.75 Å². The van der Waals surface area contributed by atoms with Gasteiger partial charge in [-0.3, -0.25) is 0 Å². The van der Waals surface area contributed by atoms with Crippen LogP contribution in [0.4, 0.5) is 4.79 Å². The Morgan fingerprint density at radius 2 is 2.09 bits per heavy atom. The fraction of sp³-hybridized carbons (Fsp3) is 0.562. The molecule has 0 aliphatic carbocycles. The lowest BCUT2D eigenvalue weighted by Crippen LogP contribution is -2.36. The lowest BCUT2D eigenvalue weighted by atomic mass is 9.99. The zero-order valence-electron chi connectivity index (χ0n) is 13.5. The van der Waals surface area contributed by atoms with Crippen molar-refractivity contribution in [3.05, 3.63) is 27.7 Å². The second kappa shape index (κ2) is 6.46. The molecule has 1 aromatic rings. The Labute approximate surface area is 139 Å². The number of hydrogen-bond acceptors (Lipinski definition) is 4. The van der Waals surface area contributed by atoms with E-state index in [0.29, 0.717) is 19.5 Å². The van der Waals surface area contributed by atoms with Crippen LogP contribution in [-0.4, -0.2) is 30.2 Å². The molecule has 1 aliphatic rings. The summed E-state index contributed by atoms with van der Waals surface area (Å²) in [5, 5.41) is 0. The van der Waals surface area contributed by atoms with Crippen LogP contribution in [0.25, 0.3) is 0 Å². The molecule has 5 nitrogen and oxygen atoms in total. The van der Waals surface area contributed by atoms with E-state index in [9.17, 15) is 4.79 Å². The molecule has 0 saturated heterocycles. The maximum absolute atomic E-state index is 12.4. The third kappa shape index (κ3) is 3.93. The number of amides is 1. The van der Waals surface area contributed by atoms with E-state index in [2.05, 4.69) is 15.9 Å². The predicted molar refractivity (Wildman–Crippen MR) is 88.9 cm³/mol. The van der Waals surface area contributed by atoms with Crippen molar-refractivity contribution in [3.63, 3.8) is 0 Å². The van der Waals surface area contributed by atoms with E-state index in [1.54, 1.807) is 12.0 Å². The molecule has 2 N–H and O–H groups in total. The molecule has 0 bridgehead atoms. The van der Waals surface area contributed by atoms with E-state index in [1.807, 2.05) is 32.9 Å². The van der Waals surface area contributed by atoms with Gasteiger partial charge in [0.2, 0.25) is 0 Å². The minimum atomic E-state index is -0.516. The largest absolute Gasteiger partial charge is 0.496 e. The van der Waals surface area contributed by atoms with Gasteiger partial charge in [-0.2, -0.15) is 0 Å². The van der Waals surface area contributed by atoms with Crippen LogP contribution in [0, 0.1) is 0 Å². The third-order valence-corrected chi connectivity index (χ3v) is 4.00. The molecule has 6 heteroatoms. The Morgan fingerprint density at radius 3 is 2.68 bits per heavy atom. The van der Waals surface area contributed by atoms with Crippen molar-refractivity contribution in [2.24, 2.45) is 5.73 Å². The molecule has 2 rings (SSSR count). The number of carbonyl (C=O) groups excluding carboxylic acids is 1. The quantitative estimate of drug-likeness (QED) is 0.819. The highest BCUT2D eigenvalue weighted by Gasteiger charge is 2.28. The minimum Gasteiger partial charge on any atom is -0.496 e. The second-order valence-electron chi connectivity index (χ2n) is 6.47. The number of benzene rings is 1. The maximum Gasteiger partial charge on any atom is 0.410 e. The van der Waals surface area contributed by atoms with Gasteiger partial charge in [0.1, 0.15) is 11.4 Å². The van der Waals surface area contributed by atoms with Crippen LogP contribution in [0.15, 0.2) is 16.6 Å². The number of nitrogens with two attached hydrogens (primary N) is 1. The summed E-state index contributed by atoms with van der Waals surface area (Å²) in [6.45, 7) is 6.58. The van der Waals surface area contributed by atoms with E-state index >= 15 is 0 Å². The summed E-state index contributed by atoms with van der Waals surface area (Å²) in [5.74, 6) is 0.732. The second-order valence-corrected chi connectivity index (χ2v) is 7.39. The molecule has 22 heavy (non-hydrogen) atoms. The molecule has 0 aromatic heterocycles. The summed E-state index contributed by atoms with van der Waals surface area (Å²) < 4.78 is 11.9. The molecule has 0 saturated carbocycles. The molecular formula is C16H23BrN2O3. The van der Waals surface area contributed by atoms with Crippen molar-refractivity contribution in [2.75, 3.05) is 13.7 Å². The molecule has 1 unspecified atom stereocenters. The van der Waals surface area contributed by atoms with Crippen molar-refractivity contribution in [1.29, 1.82) is 0 Å². The summed E-state index contributed by atoms with van der Waals surface area (Å²) >= 11 is 3.48. The smallest absolute Gasteiger partial charge is 0.410 e. The fourth-order valence-corrected chi connectivity index (χ4v) is 2.97. The van der Waals surface area contributed by atoms with Gasteiger partial charge in [-0.25, -0.2) is 4.79 Å². The monoisotopic (exact) mass is 370 g/mol. The van der Waals surface area contributed by atoms with E-state index < -0.39 is 5.60 Å². The van der Waals surface area contributed by atoms with Gasteiger partial charge in [-0.05, 0) is 44.9 Å². The van der Waals surface area contributed by atoms with E-state index in [-0.39, 0.29) is 12.1 Å². The molecule has 0 radical (unpaired) electrons. The van der Waals surface area contributed by atoms with Crippen LogP contribution in [0.3, 0.4) is 0 Å². The fourth-order valence-electron chi connectivity index (χ4n) is 2.52. The van der Waals surface area contributed by atoms with Crippen molar-refractivity contribution in [1.82, 2.24) is 4.90 Å². The number of hydrogen-bond donors (Lipinski definition) is 1. The number of halogens is 1.